The van der Waals surface area contributed by atoms with Gasteiger partial charge < -0.3 is 80.0 Å². The molecule has 0 bridgehead atoms. The summed E-state index contributed by atoms with van der Waals surface area (Å²) in [5.74, 6) is -11.7. The monoisotopic (exact) mass is 1350 g/mol. The van der Waals surface area contributed by atoms with Crippen LogP contribution in [0.4, 0.5) is 0 Å². The third kappa shape index (κ3) is 25.7. The normalized spacial score (nSPS) is 27.3. The number of hydrogen-bond acceptors (Lipinski definition) is 17. The van der Waals surface area contributed by atoms with Gasteiger partial charge in [-0.2, -0.15) is 0 Å². The van der Waals surface area contributed by atoms with E-state index < -0.39 is 162 Å². The minimum absolute atomic E-state index is 0.0698. The molecular weight excluding hydrogens is 1230 g/mol. The van der Waals surface area contributed by atoms with Gasteiger partial charge in [0.05, 0.1) is 44.7 Å². The highest BCUT2D eigenvalue weighted by Gasteiger charge is 2.46. The van der Waals surface area contributed by atoms with E-state index in [2.05, 4.69) is 21.3 Å². The van der Waals surface area contributed by atoms with Crippen molar-refractivity contribution >= 4 is 65.0 Å². The van der Waals surface area contributed by atoms with Crippen molar-refractivity contribution in [2.75, 3.05) is 88.8 Å². The van der Waals surface area contributed by atoms with Crippen molar-refractivity contribution in [2.24, 2.45) is 47.3 Å². The van der Waals surface area contributed by atoms with E-state index in [1.54, 1.807) is 34.6 Å². The number of carbonyl (C=O) groups is 11. The van der Waals surface area contributed by atoms with E-state index in [1.807, 2.05) is 81.2 Å². The molecule has 27 heteroatoms. The maximum absolute atomic E-state index is 15.4. The molecule has 2 saturated heterocycles. The smallest absolute Gasteiger partial charge is 0.329 e. The zero-order chi connectivity index (χ0) is 73.0. The van der Waals surface area contributed by atoms with Gasteiger partial charge >= 0.3 is 5.97 Å². The van der Waals surface area contributed by atoms with Crippen molar-refractivity contribution in [1.29, 1.82) is 0 Å². The Labute approximate surface area is 566 Å². The molecule has 27 nitrogen and oxygen atoms in total. The van der Waals surface area contributed by atoms with Crippen molar-refractivity contribution in [3.05, 3.63) is 0 Å². The molecule has 546 valence electrons. The van der Waals surface area contributed by atoms with E-state index in [0.29, 0.717) is 32.9 Å². The van der Waals surface area contributed by atoms with E-state index >= 15 is 14.4 Å². The van der Waals surface area contributed by atoms with Crippen LogP contribution in [0.1, 0.15) is 156 Å². The lowest BCUT2D eigenvalue weighted by Crippen LogP contribution is -2.64. The molecule has 0 spiro atoms. The number of esters is 1. The fourth-order valence-electron chi connectivity index (χ4n) is 12.0. The molecule has 2 aliphatic heterocycles. The first-order chi connectivity index (χ1) is 44.0. The van der Waals surface area contributed by atoms with E-state index in [4.69, 9.17) is 14.2 Å². The predicted molar refractivity (Wildman–Crippen MR) is 360 cm³/mol. The molecular formula is C68H123N11O16. The van der Waals surface area contributed by atoms with Crippen LogP contribution in [0.3, 0.4) is 0 Å². The molecule has 0 aromatic heterocycles. The number of nitrogens with one attached hydrogen (secondary N) is 4. The van der Waals surface area contributed by atoms with Crippen LogP contribution in [-0.2, 0) is 67.0 Å². The summed E-state index contributed by atoms with van der Waals surface area (Å²) in [5, 5.41) is 34.8. The highest BCUT2D eigenvalue weighted by Crippen LogP contribution is 2.25. The van der Waals surface area contributed by atoms with Crippen molar-refractivity contribution in [3.63, 3.8) is 0 Å². The molecule has 14 atom stereocenters. The molecule has 2 aliphatic rings. The van der Waals surface area contributed by atoms with Gasteiger partial charge in [0.15, 0.2) is 6.10 Å². The standard InChI is InChI=1S/C68H123N11O16/c1-37(2)29-48-63(87)76(21)51(32-40(7)8)59(83)69-45(16)68(92)95-58(43(13)14)67(91)77(22)52(33-41(9)10)61(85)71-49(30-38(3)4)64(88)78(23)55(42(11)12)66(90)79(24)56(57(82)44(15)25-26-73(18)34-47-36-93-27-28-94-47)62(86)72-54(46(17)80)65(89)74(19)35-53(81)75(20)50(31-39(5)6)60(84)70-48/h37-52,54-58,80,82H,25-36H2,1-24H3,(H,69,83)(H,70,84)(H,71,85)(H,72,86)/t44-,45-,46?,47?,48-,49-,50+,51-,52+,54-,55+,56+,57?,58+/m1/s1. The second kappa shape index (κ2) is 39.4. The summed E-state index contributed by atoms with van der Waals surface area (Å²) in [5.41, 5.74) is 0. The first kappa shape index (κ1) is 85.1. The van der Waals surface area contributed by atoms with Gasteiger partial charge in [-0.3, -0.25) is 47.9 Å². The number of amides is 10. The van der Waals surface area contributed by atoms with Crippen LogP contribution in [0.25, 0.3) is 0 Å². The van der Waals surface area contributed by atoms with Crippen molar-refractivity contribution in [2.45, 2.75) is 235 Å². The van der Waals surface area contributed by atoms with Crippen LogP contribution in [0, 0.1) is 47.3 Å². The molecule has 0 saturated carbocycles. The average molecular weight is 1350 g/mol. The van der Waals surface area contributed by atoms with Crippen LogP contribution in [0.15, 0.2) is 0 Å². The Bertz CT molecular complexity index is 2540. The Kier molecular flexibility index (Phi) is 35.3. The first-order valence-corrected chi connectivity index (χ1v) is 34.2. The SMILES string of the molecule is CC(C)C[C@@H]1C(=O)N[C@H](C)C(=O)O[C@@H](C(C)C)C(=O)N(C)[C@@H](CC(C)C)C(=O)N[C@H](CC(C)C)C(=O)N(C)[C@@H](C(C)C)C(=O)N(C)[C@@H](C(O)[C@H](C)CCN(C)CC2COCCO2)C(=O)N[C@H](C(C)O)C(=O)N(C)CC(=O)N(C)[C@@H](CC(C)C)C(=O)N[C@H](CC(C)C)C(=O)N1C. The number of aliphatic hydroxyl groups is 2. The lowest BCUT2D eigenvalue weighted by molar-refractivity contribution is -0.166. The van der Waals surface area contributed by atoms with Gasteiger partial charge in [-0.15, -0.1) is 0 Å². The maximum Gasteiger partial charge on any atom is 0.329 e. The summed E-state index contributed by atoms with van der Waals surface area (Å²) in [4.78, 5) is 171. The molecule has 0 aromatic carbocycles. The first-order valence-electron chi connectivity index (χ1n) is 34.2. The Hall–Kier alpha value is -6.03. The molecule has 2 rings (SSSR count). The molecule has 0 radical (unpaired) electrons. The lowest BCUT2D eigenvalue weighted by Gasteiger charge is -2.40. The highest BCUT2D eigenvalue weighted by molar-refractivity contribution is 5.99. The Morgan fingerprint density at radius 3 is 1.38 bits per heavy atom. The third-order valence-electron chi connectivity index (χ3n) is 17.7. The second-order valence-electron chi connectivity index (χ2n) is 29.6. The van der Waals surface area contributed by atoms with Crippen molar-refractivity contribution < 1.29 is 77.2 Å². The van der Waals surface area contributed by atoms with Crippen molar-refractivity contribution in [1.82, 2.24) is 55.6 Å². The predicted octanol–water partition coefficient (Wildman–Crippen LogP) is 2.12. The van der Waals surface area contributed by atoms with E-state index in [-0.39, 0.29) is 74.2 Å². The number of cyclic esters (lactones) is 1. The minimum atomic E-state index is -1.78. The molecule has 6 N–H and O–H groups in total. The van der Waals surface area contributed by atoms with Gasteiger partial charge in [0.2, 0.25) is 53.2 Å². The Morgan fingerprint density at radius 2 is 0.947 bits per heavy atom. The number of ether oxygens (including phenoxy) is 3. The summed E-state index contributed by atoms with van der Waals surface area (Å²) in [6.07, 6.45) is -4.16. The molecule has 3 unspecified atom stereocenters. The van der Waals surface area contributed by atoms with Gasteiger partial charge in [-0.05, 0) is 113 Å². The van der Waals surface area contributed by atoms with Gasteiger partial charge in [-0.1, -0.05) is 104 Å². The Balaban J connectivity index is 3.02. The summed E-state index contributed by atoms with van der Waals surface area (Å²) >= 11 is 0. The van der Waals surface area contributed by atoms with Gasteiger partial charge in [-0.25, -0.2) is 4.79 Å². The van der Waals surface area contributed by atoms with E-state index in [9.17, 15) is 48.6 Å². The zero-order valence-electron chi connectivity index (χ0n) is 61.9. The minimum Gasteiger partial charge on any atom is -0.450 e. The van der Waals surface area contributed by atoms with Crippen LogP contribution < -0.4 is 21.3 Å². The molecule has 95 heavy (non-hydrogen) atoms. The number of nitrogens with zero attached hydrogens (tertiary/aromatic N) is 7. The second-order valence-corrected chi connectivity index (χ2v) is 29.6. The number of aliphatic hydroxyl groups excluding tert-OH is 2. The summed E-state index contributed by atoms with van der Waals surface area (Å²) in [7, 11) is 10.0. The summed E-state index contributed by atoms with van der Waals surface area (Å²) < 4.78 is 17.3. The molecule has 0 aliphatic carbocycles. The van der Waals surface area contributed by atoms with Crippen LogP contribution >= 0.6 is 0 Å². The Morgan fingerprint density at radius 1 is 0.505 bits per heavy atom. The quantitative estimate of drug-likeness (QED) is 0.0951. The number of likely N-dealkylation sites (N-methyl/N-ethyl adjacent to an activating group) is 7. The molecule has 0 aromatic rings. The topological polar surface area (TPSA) is 327 Å². The molecule has 2 fully saturated rings. The number of rotatable bonds is 20. The number of hydrogen-bond donors (Lipinski definition) is 6. The molecule has 2 heterocycles. The van der Waals surface area contributed by atoms with Crippen LogP contribution in [0.5, 0.6) is 0 Å². The zero-order valence-corrected chi connectivity index (χ0v) is 61.9. The van der Waals surface area contributed by atoms with Crippen LogP contribution in [-0.4, -0.2) is 277 Å². The summed E-state index contributed by atoms with van der Waals surface area (Å²) in [6.45, 7) is 31.0. The van der Waals surface area contributed by atoms with Crippen LogP contribution in [0.2, 0.25) is 0 Å². The largest absolute Gasteiger partial charge is 0.450 e. The van der Waals surface area contributed by atoms with Gasteiger partial charge in [0.1, 0.15) is 54.4 Å². The van der Waals surface area contributed by atoms with Crippen molar-refractivity contribution in [3.8, 4) is 0 Å². The fraction of sp³-hybridized carbons (Fsp3) is 0.838. The average Bonchev–Trinajstić information content (AvgIpc) is 0.842. The maximum atomic E-state index is 15.4. The van der Waals surface area contributed by atoms with E-state index in [1.165, 1.54) is 70.8 Å². The van der Waals surface area contributed by atoms with Gasteiger partial charge in [0, 0.05) is 48.8 Å². The number of carbonyl (C=O) groups excluding carboxylic acids is 11. The highest BCUT2D eigenvalue weighted by atomic mass is 16.6. The molecule has 10 amide bonds. The summed E-state index contributed by atoms with van der Waals surface area (Å²) in [6, 6.07) is -12.4. The fourth-order valence-corrected chi connectivity index (χ4v) is 12.0. The third-order valence-corrected chi connectivity index (χ3v) is 17.7. The lowest BCUT2D eigenvalue weighted by atomic mass is 9.91. The van der Waals surface area contributed by atoms with E-state index in [0.717, 1.165) is 14.7 Å². The van der Waals surface area contributed by atoms with Gasteiger partial charge in [0.25, 0.3) is 5.91 Å².